The van der Waals surface area contributed by atoms with Gasteiger partial charge in [-0.05, 0) is 31.3 Å². The second kappa shape index (κ2) is 6.61. The number of nitrogens with one attached hydrogen (secondary N) is 1. The van der Waals surface area contributed by atoms with Gasteiger partial charge in [0.25, 0.3) is 0 Å². The van der Waals surface area contributed by atoms with E-state index in [2.05, 4.69) is 31.3 Å². The van der Waals surface area contributed by atoms with Gasteiger partial charge in [0, 0.05) is 61.0 Å². The molecule has 3 aromatic rings. The number of aryl methyl sites for hydroxylation is 1. The summed E-state index contributed by atoms with van der Waals surface area (Å²) in [5.74, 6) is -1.34. The van der Waals surface area contributed by atoms with Crippen LogP contribution in [0.5, 0.6) is 0 Å². The highest BCUT2D eigenvalue weighted by Crippen LogP contribution is 2.34. The van der Waals surface area contributed by atoms with Crippen LogP contribution in [0.25, 0.3) is 11.4 Å². The molecule has 1 fully saturated rings. The molecule has 0 aromatic carbocycles. The molecule has 1 N–H and O–H groups in total. The largest absolute Gasteiger partial charge is 0.351 e. The molecule has 3 aromatic heterocycles. The first-order valence-electron chi connectivity index (χ1n) is 9.57. The monoisotopic (exact) mass is 382 g/mol. The number of fused-ring (bicyclic) bond motifs is 2. The van der Waals surface area contributed by atoms with Gasteiger partial charge in [0.1, 0.15) is 0 Å². The van der Waals surface area contributed by atoms with E-state index in [1.54, 1.807) is 6.20 Å². The van der Waals surface area contributed by atoms with E-state index in [9.17, 15) is 8.78 Å². The van der Waals surface area contributed by atoms with Crippen molar-refractivity contribution in [1.82, 2.24) is 24.3 Å². The first-order chi connectivity index (χ1) is 13.6. The lowest BCUT2D eigenvalue weighted by Crippen LogP contribution is -2.32. The zero-order valence-corrected chi connectivity index (χ0v) is 15.3. The van der Waals surface area contributed by atoms with E-state index in [0.29, 0.717) is 24.6 Å². The number of aromatic nitrogens is 5. The molecule has 0 aliphatic heterocycles. The number of anilines is 1. The van der Waals surface area contributed by atoms with Crippen LogP contribution in [0.3, 0.4) is 0 Å². The molecule has 0 unspecified atom stereocenters. The molecule has 5 rings (SSSR count). The van der Waals surface area contributed by atoms with E-state index in [-0.39, 0.29) is 18.9 Å². The van der Waals surface area contributed by atoms with Crippen LogP contribution in [0.4, 0.5) is 14.7 Å². The number of alkyl halides is 2. The molecule has 0 atom stereocenters. The lowest BCUT2D eigenvalue weighted by Gasteiger charge is -2.29. The Morgan fingerprint density at radius 3 is 2.82 bits per heavy atom. The van der Waals surface area contributed by atoms with Crippen molar-refractivity contribution < 1.29 is 8.78 Å². The molecule has 2 aliphatic carbocycles. The first-order valence-corrected chi connectivity index (χ1v) is 9.57. The van der Waals surface area contributed by atoms with Gasteiger partial charge in [0.2, 0.25) is 17.6 Å². The standard InChI is InChI=1S/C20H20F2N6/c21-20(22)6-4-14(5-7-20)26-18-24-11-16-15(2-1-3-17(16)27-18)13-10-25-19-23-8-9-28(19)12-13/h2,8-12,14H,1,3-7H2,(H,24,26,27). The Labute approximate surface area is 160 Å². The molecule has 0 saturated heterocycles. The summed E-state index contributed by atoms with van der Waals surface area (Å²) < 4.78 is 28.6. The number of halogens is 2. The van der Waals surface area contributed by atoms with E-state index in [0.717, 1.165) is 35.2 Å². The van der Waals surface area contributed by atoms with E-state index >= 15 is 0 Å². The minimum absolute atomic E-state index is 0.00382. The van der Waals surface area contributed by atoms with Crippen LogP contribution in [0.15, 0.2) is 37.1 Å². The second-order valence-corrected chi connectivity index (χ2v) is 7.46. The van der Waals surface area contributed by atoms with Gasteiger partial charge < -0.3 is 5.32 Å². The fourth-order valence-corrected chi connectivity index (χ4v) is 3.96. The maximum Gasteiger partial charge on any atom is 0.248 e. The zero-order valence-electron chi connectivity index (χ0n) is 15.3. The Morgan fingerprint density at radius 1 is 1.11 bits per heavy atom. The maximum absolute atomic E-state index is 13.3. The smallest absolute Gasteiger partial charge is 0.248 e. The van der Waals surface area contributed by atoms with E-state index < -0.39 is 5.92 Å². The molecular formula is C20H20F2N6. The fraction of sp³-hybridized carbons (Fsp3) is 0.400. The van der Waals surface area contributed by atoms with Gasteiger partial charge in [-0.15, -0.1) is 0 Å². The van der Waals surface area contributed by atoms with Crippen LogP contribution in [-0.2, 0) is 6.42 Å². The van der Waals surface area contributed by atoms with E-state index in [4.69, 9.17) is 0 Å². The Bertz CT molecular complexity index is 1050. The number of imidazole rings is 1. The molecule has 1 saturated carbocycles. The predicted octanol–water partition coefficient (Wildman–Crippen LogP) is 3.89. The van der Waals surface area contributed by atoms with Crippen molar-refractivity contribution in [3.63, 3.8) is 0 Å². The van der Waals surface area contributed by atoms with Gasteiger partial charge in [0.15, 0.2) is 0 Å². The summed E-state index contributed by atoms with van der Waals surface area (Å²) >= 11 is 0. The van der Waals surface area contributed by atoms with Crippen molar-refractivity contribution in [2.24, 2.45) is 0 Å². The topological polar surface area (TPSA) is 68.0 Å². The molecule has 6 nitrogen and oxygen atoms in total. The van der Waals surface area contributed by atoms with Crippen LogP contribution >= 0.6 is 0 Å². The van der Waals surface area contributed by atoms with Gasteiger partial charge in [-0.2, -0.15) is 0 Å². The number of nitrogens with zero attached hydrogens (tertiary/aromatic N) is 5. The summed E-state index contributed by atoms with van der Waals surface area (Å²) in [5.41, 5.74) is 4.02. The Morgan fingerprint density at radius 2 is 1.96 bits per heavy atom. The highest BCUT2D eigenvalue weighted by Gasteiger charge is 2.35. The molecular weight excluding hydrogens is 362 g/mol. The van der Waals surface area contributed by atoms with Crippen molar-refractivity contribution in [3.8, 4) is 0 Å². The highest BCUT2D eigenvalue weighted by molar-refractivity contribution is 5.81. The van der Waals surface area contributed by atoms with Gasteiger partial charge in [-0.1, -0.05) is 6.08 Å². The molecule has 0 spiro atoms. The van der Waals surface area contributed by atoms with Crippen molar-refractivity contribution in [3.05, 3.63) is 53.9 Å². The predicted molar refractivity (Wildman–Crippen MR) is 101 cm³/mol. The van der Waals surface area contributed by atoms with Gasteiger partial charge in [-0.25, -0.2) is 28.7 Å². The van der Waals surface area contributed by atoms with Crippen molar-refractivity contribution in [2.45, 2.75) is 50.5 Å². The van der Waals surface area contributed by atoms with Crippen LogP contribution in [0.2, 0.25) is 0 Å². The molecule has 3 heterocycles. The summed E-state index contributed by atoms with van der Waals surface area (Å²) in [5, 5.41) is 3.24. The Hall–Kier alpha value is -2.90. The molecule has 28 heavy (non-hydrogen) atoms. The molecule has 2 aliphatic rings. The number of hydrogen-bond donors (Lipinski definition) is 1. The Kier molecular flexibility index (Phi) is 4.07. The van der Waals surface area contributed by atoms with Crippen LogP contribution in [0, 0.1) is 0 Å². The average Bonchev–Trinajstić information content (AvgIpc) is 3.17. The number of allylic oxidation sites excluding steroid dienone is 1. The number of hydrogen-bond acceptors (Lipinski definition) is 5. The van der Waals surface area contributed by atoms with Crippen molar-refractivity contribution in [1.29, 1.82) is 0 Å². The summed E-state index contributed by atoms with van der Waals surface area (Å²) in [7, 11) is 0. The van der Waals surface area contributed by atoms with E-state index in [1.807, 2.05) is 29.2 Å². The molecule has 0 amide bonds. The van der Waals surface area contributed by atoms with Crippen LogP contribution < -0.4 is 5.32 Å². The Balaban J connectivity index is 1.38. The van der Waals surface area contributed by atoms with Crippen molar-refractivity contribution in [2.75, 3.05) is 5.32 Å². The van der Waals surface area contributed by atoms with Gasteiger partial charge in [-0.3, -0.25) is 4.40 Å². The minimum atomic E-state index is -2.53. The SMILES string of the molecule is FC1(F)CCC(Nc2ncc3c(n2)CCC=C3c2cnc3nccn3c2)CC1. The molecule has 0 bridgehead atoms. The quantitative estimate of drug-likeness (QED) is 0.744. The van der Waals surface area contributed by atoms with Crippen LogP contribution in [0.1, 0.15) is 48.9 Å². The van der Waals surface area contributed by atoms with Gasteiger partial charge in [0.05, 0.1) is 5.69 Å². The first kappa shape index (κ1) is 17.2. The van der Waals surface area contributed by atoms with E-state index in [1.165, 1.54) is 0 Å². The fourth-order valence-electron chi connectivity index (χ4n) is 3.96. The average molecular weight is 382 g/mol. The highest BCUT2D eigenvalue weighted by atomic mass is 19.3. The molecule has 144 valence electrons. The third kappa shape index (κ3) is 3.23. The number of rotatable bonds is 3. The maximum atomic E-state index is 13.3. The third-order valence-corrected chi connectivity index (χ3v) is 5.49. The summed E-state index contributed by atoms with van der Waals surface area (Å²) in [4.78, 5) is 17.7. The lowest BCUT2D eigenvalue weighted by atomic mass is 9.92. The molecule has 0 radical (unpaired) electrons. The third-order valence-electron chi connectivity index (χ3n) is 5.49. The van der Waals surface area contributed by atoms with Crippen LogP contribution in [-0.4, -0.2) is 36.3 Å². The van der Waals surface area contributed by atoms with Gasteiger partial charge >= 0.3 is 0 Å². The normalized spacial score (nSPS) is 19.3. The minimum Gasteiger partial charge on any atom is -0.351 e. The molecule has 8 heteroatoms. The second-order valence-electron chi connectivity index (χ2n) is 7.46. The van der Waals surface area contributed by atoms with Crippen molar-refractivity contribution >= 4 is 17.3 Å². The summed E-state index contributed by atoms with van der Waals surface area (Å²) in [6, 6.07) is 0.00382. The summed E-state index contributed by atoms with van der Waals surface area (Å²) in [6.45, 7) is 0. The lowest BCUT2D eigenvalue weighted by molar-refractivity contribution is -0.0361. The zero-order chi connectivity index (χ0) is 19.1. The summed E-state index contributed by atoms with van der Waals surface area (Å²) in [6.07, 6.45) is 13.9.